The molecule has 0 radical (unpaired) electrons. The summed E-state index contributed by atoms with van der Waals surface area (Å²) >= 11 is 4.34. The fourth-order valence-electron chi connectivity index (χ4n) is 1.78. The highest BCUT2D eigenvalue weighted by Gasteiger charge is 2.34. The first-order chi connectivity index (χ1) is 9.32. The van der Waals surface area contributed by atoms with Crippen molar-refractivity contribution in [3.63, 3.8) is 0 Å². The Bertz CT molecular complexity index is 607. The second-order valence-corrected chi connectivity index (χ2v) is 6.35. The maximum Gasteiger partial charge on any atom is 0.417 e. The number of thiazole rings is 1. The Morgan fingerprint density at radius 3 is 2.65 bits per heavy atom. The summed E-state index contributed by atoms with van der Waals surface area (Å²) in [5.74, 6) is 0.254. The largest absolute Gasteiger partial charge is 0.417 e. The molecule has 0 aliphatic carbocycles. The van der Waals surface area contributed by atoms with E-state index in [1.54, 1.807) is 6.07 Å². The van der Waals surface area contributed by atoms with Crippen molar-refractivity contribution in [2.24, 2.45) is 0 Å². The van der Waals surface area contributed by atoms with E-state index in [9.17, 15) is 13.2 Å². The molecular formula is C14H13BrF3NS. The Kier molecular flexibility index (Phi) is 4.54. The highest BCUT2D eigenvalue weighted by Crippen LogP contribution is 2.40. The highest BCUT2D eigenvalue weighted by molar-refractivity contribution is 9.10. The number of alkyl halides is 3. The van der Waals surface area contributed by atoms with Gasteiger partial charge in [-0.25, -0.2) is 4.98 Å². The molecule has 0 aliphatic heterocycles. The summed E-state index contributed by atoms with van der Waals surface area (Å²) in [7, 11) is 0. The molecule has 0 bridgehead atoms. The number of aromatic nitrogens is 1. The Balaban J connectivity index is 2.50. The number of hydrogen-bond acceptors (Lipinski definition) is 2. The fourth-order valence-corrected chi connectivity index (χ4v) is 3.12. The van der Waals surface area contributed by atoms with Gasteiger partial charge in [-0.2, -0.15) is 13.2 Å². The van der Waals surface area contributed by atoms with Crippen LogP contribution in [0.3, 0.4) is 0 Å². The second kappa shape index (κ2) is 5.85. The summed E-state index contributed by atoms with van der Waals surface area (Å²) in [4.78, 5) is 4.36. The highest BCUT2D eigenvalue weighted by atomic mass is 79.9. The molecule has 0 N–H and O–H groups in total. The quantitative estimate of drug-likeness (QED) is 0.641. The molecule has 2 rings (SSSR count). The zero-order valence-electron chi connectivity index (χ0n) is 11.0. The number of hydrogen-bond donors (Lipinski definition) is 0. The first kappa shape index (κ1) is 15.5. The summed E-state index contributed by atoms with van der Waals surface area (Å²) in [5, 5.41) is 2.26. The summed E-state index contributed by atoms with van der Waals surface area (Å²) in [5.41, 5.74) is 0.334. The van der Waals surface area contributed by atoms with Crippen LogP contribution in [-0.2, 0) is 6.18 Å². The van der Waals surface area contributed by atoms with E-state index in [1.165, 1.54) is 17.4 Å². The van der Waals surface area contributed by atoms with Gasteiger partial charge in [0, 0.05) is 15.4 Å². The lowest BCUT2D eigenvalue weighted by Crippen LogP contribution is -2.07. The van der Waals surface area contributed by atoms with Crippen molar-refractivity contribution in [3.8, 4) is 10.6 Å². The van der Waals surface area contributed by atoms with Crippen molar-refractivity contribution in [3.05, 3.63) is 39.3 Å². The third-order valence-electron chi connectivity index (χ3n) is 3.16. The Labute approximate surface area is 128 Å². The molecule has 1 nitrogen and oxygen atoms in total. The topological polar surface area (TPSA) is 12.9 Å². The van der Waals surface area contributed by atoms with Gasteiger partial charge in [0.15, 0.2) is 0 Å². The molecule has 0 saturated carbocycles. The van der Waals surface area contributed by atoms with Gasteiger partial charge in [0.25, 0.3) is 0 Å². The Hall–Kier alpha value is -0.880. The lowest BCUT2D eigenvalue weighted by molar-refractivity contribution is -0.137. The van der Waals surface area contributed by atoms with Crippen molar-refractivity contribution in [2.75, 3.05) is 0 Å². The van der Waals surface area contributed by atoms with Crippen molar-refractivity contribution >= 4 is 27.3 Å². The predicted octanol–water partition coefficient (Wildman–Crippen LogP) is 6.10. The third kappa shape index (κ3) is 3.23. The van der Waals surface area contributed by atoms with Gasteiger partial charge in [-0.1, -0.05) is 35.8 Å². The van der Waals surface area contributed by atoms with Crippen LogP contribution >= 0.6 is 27.3 Å². The van der Waals surface area contributed by atoms with Gasteiger partial charge in [0.05, 0.1) is 11.3 Å². The van der Waals surface area contributed by atoms with Gasteiger partial charge in [-0.05, 0) is 24.5 Å². The molecule has 0 saturated heterocycles. The Morgan fingerprint density at radius 2 is 2.05 bits per heavy atom. The zero-order chi connectivity index (χ0) is 14.9. The van der Waals surface area contributed by atoms with Crippen LogP contribution in [0, 0.1) is 0 Å². The number of rotatable bonds is 3. The number of benzene rings is 1. The third-order valence-corrected chi connectivity index (χ3v) is 4.54. The molecule has 6 heteroatoms. The van der Waals surface area contributed by atoms with Crippen LogP contribution in [0.1, 0.15) is 37.4 Å². The summed E-state index contributed by atoms with van der Waals surface area (Å²) in [6.45, 7) is 4.05. The number of nitrogens with zero attached hydrogens (tertiary/aromatic N) is 1. The molecule has 20 heavy (non-hydrogen) atoms. The molecule has 0 aliphatic rings. The first-order valence-electron chi connectivity index (χ1n) is 6.15. The van der Waals surface area contributed by atoms with Gasteiger partial charge in [0.2, 0.25) is 0 Å². The minimum absolute atomic E-state index is 0.139. The lowest BCUT2D eigenvalue weighted by atomic mass is 10.1. The number of halogens is 4. The van der Waals surface area contributed by atoms with Gasteiger partial charge >= 0.3 is 6.18 Å². The van der Waals surface area contributed by atoms with E-state index in [4.69, 9.17) is 0 Å². The van der Waals surface area contributed by atoms with Crippen molar-refractivity contribution in [1.29, 1.82) is 0 Å². The van der Waals surface area contributed by atoms with E-state index in [0.717, 1.165) is 18.2 Å². The van der Waals surface area contributed by atoms with Gasteiger partial charge in [-0.15, -0.1) is 11.3 Å². The maximum atomic E-state index is 13.1. The molecule has 1 aromatic heterocycles. The molecule has 108 valence electrons. The lowest BCUT2D eigenvalue weighted by Gasteiger charge is -2.11. The first-order valence-corrected chi connectivity index (χ1v) is 7.82. The minimum Gasteiger partial charge on any atom is -0.241 e. The monoisotopic (exact) mass is 363 g/mol. The average molecular weight is 364 g/mol. The molecule has 1 unspecified atom stereocenters. The standard InChI is InChI=1S/C14H13BrF3NS/c1-3-8(2)12-7-20-13(19-12)10-5-4-9(15)6-11(10)14(16,17)18/h4-8H,3H2,1-2H3. The molecule has 0 spiro atoms. The SMILES string of the molecule is CCC(C)c1csc(-c2ccc(Br)cc2C(F)(F)F)n1. The van der Waals surface area contributed by atoms with E-state index in [2.05, 4.69) is 20.9 Å². The summed E-state index contributed by atoms with van der Waals surface area (Å²) < 4.78 is 39.7. The molecular weight excluding hydrogens is 351 g/mol. The van der Waals surface area contributed by atoms with Gasteiger partial charge in [0.1, 0.15) is 5.01 Å². The maximum absolute atomic E-state index is 13.1. The van der Waals surface area contributed by atoms with Crippen LogP contribution in [0.15, 0.2) is 28.1 Å². The molecule has 2 aromatic rings. The van der Waals surface area contributed by atoms with E-state index >= 15 is 0 Å². The predicted molar refractivity (Wildman–Crippen MR) is 79.0 cm³/mol. The van der Waals surface area contributed by atoms with E-state index in [1.807, 2.05) is 19.2 Å². The smallest absolute Gasteiger partial charge is 0.241 e. The van der Waals surface area contributed by atoms with Crippen LogP contribution in [-0.4, -0.2) is 4.98 Å². The van der Waals surface area contributed by atoms with Crippen molar-refractivity contribution < 1.29 is 13.2 Å². The fraction of sp³-hybridized carbons (Fsp3) is 0.357. The summed E-state index contributed by atoms with van der Waals surface area (Å²) in [6, 6.07) is 4.17. The van der Waals surface area contributed by atoms with Crippen LogP contribution in [0.2, 0.25) is 0 Å². The normalized spacial score (nSPS) is 13.5. The van der Waals surface area contributed by atoms with Gasteiger partial charge < -0.3 is 0 Å². The van der Waals surface area contributed by atoms with Crippen molar-refractivity contribution in [1.82, 2.24) is 4.98 Å². The van der Waals surface area contributed by atoms with E-state index < -0.39 is 11.7 Å². The van der Waals surface area contributed by atoms with Crippen LogP contribution in [0.5, 0.6) is 0 Å². The van der Waals surface area contributed by atoms with Crippen LogP contribution < -0.4 is 0 Å². The van der Waals surface area contributed by atoms with E-state index in [0.29, 0.717) is 9.48 Å². The zero-order valence-corrected chi connectivity index (χ0v) is 13.4. The average Bonchev–Trinajstić information content (AvgIpc) is 2.86. The molecule has 0 fully saturated rings. The molecule has 1 heterocycles. The van der Waals surface area contributed by atoms with Crippen LogP contribution in [0.4, 0.5) is 13.2 Å². The van der Waals surface area contributed by atoms with Crippen molar-refractivity contribution in [2.45, 2.75) is 32.4 Å². The van der Waals surface area contributed by atoms with Crippen LogP contribution in [0.25, 0.3) is 10.6 Å². The Morgan fingerprint density at radius 1 is 1.35 bits per heavy atom. The van der Waals surface area contributed by atoms with E-state index in [-0.39, 0.29) is 11.5 Å². The summed E-state index contributed by atoms with van der Waals surface area (Å²) in [6.07, 6.45) is -3.48. The minimum atomic E-state index is -4.39. The second-order valence-electron chi connectivity index (χ2n) is 4.57. The molecule has 1 aromatic carbocycles. The molecule has 0 amide bonds. The molecule has 1 atom stereocenters. The van der Waals surface area contributed by atoms with Gasteiger partial charge in [-0.3, -0.25) is 0 Å².